The molecule has 6 nitrogen and oxygen atoms in total. The topological polar surface area (TPSA) is 67.9 Å². The Morgan fingerprint density at radius 2 is 1.66 bits per heavy atom. The largest absolute Gasteiger partial charge is 0.586 e. The summed E-state index contributed by atoms with van der Waals surface area (Å²) in [7, 11) is 0. The molecular weight excluding hydrogens is 389 g/mol. The first kappa shape index (κ1) is 19.1. The van der Waals surface area contributed by atoms with Crippen LogP contribution in [-0.2, 0) is 4.79 Å². The zero-order valence-electron chi connectivity index (χ0n) is 15.2. The van der Waals surface area contributed by atoms with Gasteiger partial charge in [-0.15, -0.1) is 8.78 Å². The molecule has 0 bridgehead atoms. The van der Waals surface area contributed by atoms with Crippen LogP contribution in [0.2, 0.25) is 0 Å². The normalized spacial score (nSPS) is 17.8. The van der Waals surface area contributed by atoms with Gasteiger partial charge in [-0.25, -0.2) is 4.39 Å². The zero-order chi connectivity index (χ0) is 20.6. The Balaban J connectivity index is 1.33. The van der Waals surface area contributed by atoms with Crippen molar-refractivity contribution in [3.05, 3.63) is 53.8 Å². The molecule has 29 heavy (non-hydrogen) atoms. The summed E-state index contributed by atoms with van der Waals surface area (Å²) in [5.41, 5.74) is 0.714. The highest BCUT2D eigenvalue weighted by Gasteiger charge is 2.43. The number of alkyl halides is 2. The van der Waals surface area contributed by atoms with Crippen molar-refractivity contribution in [1.82, 2.24) is 4.90 Å². The molecule has 0 unspecified atom stereocenters. The van der Waals surface area contributed by atoms with Gasteiger partial charge >= 0.3 is 6.29 Å². The van der Waals surface area contributed by atoms with Crippen molar-refractivity contribution in [2.75, 3.05) is 18.4 Å². The van der Waals surface area contributed by atoms with Crippen LogP contribution in [0, 0.1) is 11.7 Å². The Hall–Kier alpha value is -3.23. The number of halogens is 3. The summed E-state index contributed by atoms with van der Waals surface area (Å²) >= 11 is 0. The van der Waals surface area contributed by atoms with Gasteiger partial charge in [-0.2, -0.15) is 0 Å². The first-order valence-electron chi connectivity index (χ1n) is 9.06. The van der Waals surface area contributed by atoms with Crippen LogP contribution in [-0.4, -0.2) is 36.1 Å². The van der Waals surface area contributed by atoms with E-state index in [-0.39, 0.29) is 29.2 Å². The highest BCUT2D eigenvalue weighted by atomic mass is 19.3. The van der Waals surface area contributed by atoms with Crippen molar-refractivity contribution in [3.63, 3.8) is 0 Å². The molecule has 0 aromatic heterocycles. The van der Waals surface area contributed by atoms with E-state index in [4.69, 9.17) is 0 Å². The molecule has 4 rings (SSSR count). The first-order valence-corrected chi connectivity index (χ1v) is 9.06. The van der Waals surface area contributed by atoms with Crippen LogP contribution >= 0.6 is 0 Å². The fourth-order valence-electron chi connectivity index (χ4n) is 3.39. The lowest BCUT2D eigenvalue weighted by atomic mass is 9.95. The molecule has 0 radical (unpaired) electrons. The number of ether oxygens (including phenoxy) is 2. The third kappa shape index (κ3) is 4.13. The molecule has 2 heterocycles. The van der Waals surface area contributed by atoms with Gasteiger partial charge in [-0.05, 0) is 49.2 Å². The predicted octanol–water partition coefficient (Wildman–Crippen LogP) is 3.64. The van der Waals surface area contributed by atoms with Crippen LogP contribution in [0.15, 0.2) is 42.5 Å². The number of carbonyl (C=O) groups excluding carboxylic acids is 2. The summed E-state index contributed by atoms with van der Waals surface area (Å²) in [6.07, 6.45) is -2.79. The second-order valence-corrected chi connectivity index (χ2v) is 6.89. The van der Waals surface area contributed by atoms with Crippen LogP contribution in [0.3, 0.4) is 0 Å². The first-order chi connectivity index (χ1) is 13.8. The monoisotopic (exact) mass is 406 g/mol. The maximum Gasteiger partial charge on any atom is 0.586 e. The summed E-state index contributed by atoms with van der Waals surface area (Å²) in [5.74, 6) is -1.44. The lowest BCUT2D eigenvalue weighted by molar-refractivity contribution is -0.286. The number of hydrogen-bond acceptors (Lipinski definition) is 4. The lowest BCUT2D eigenvalue weighted by Crippen LogP contribution is -2.41. The number of piperidine rings is 1. The van der Waals surface area contributed by atoms with E-state index in [2.05, 4.69) is 14.8 Å². The molecule has 0 saturated carbocycles. The van der Waals surface area contributed by atoms with E-state index in [1.807, 2.05) is 0 Å². The van der Waals surface area contributed by atoms with Crippen LogP contribution in [0.1, 0.15) is 23.2 Å². The fourth-order valence-corrected chi connectivity index (χ4v) is 3.39. The molecule has 2 aromatic rings. The van der Waals surface area contributed by atoms with E-state index in [1.54, 1.807) is 4.90 Å². The second-order valence-electron chi connectivity index (χ2n) is 6.89. The smallest absolute Gasteiger partial charge is 0.395 e. The third-order valence-corrected chi connectivity index (χ3v) is 4.91. The van der Waals surface area contributed by atoms with Crippen molar-refractivity contribution in [1.29, 1.82) is 0 Å². The van der Waals surface area contributed by atoms with Crippen molar-refractivity contribution in [2.45, 2.75) is 19.1 Å². The molecule has 2 amide bonds. The summed E-state index contributed by atoms with van der Waals surface area (Å²) < 4.78 is 47.9. The number of nitrogens with zero attached hydrogens (tertiary/aromatic N) is 1. The van der Waals surface area contributed by atoms with E-state index in [9.17, 15) is 22.8 Å². The third-order valence-electron chi connectivity index (χ3n) is 4.91. The average Bonchev–Trinajstić information content (AvgIpc) is 3.01. The standard InChI is InChI=1S/C20H17F3N2O4/c21-14-3-1-13(2-4-14)19(27)25-9-7-12(8-10-25)18(26)24-15-5-6-16-17(11-15)29-20(22,23)28-16/h1-6,11-12H,7-10H2,(H,24,26). The molecular formula is C20H17F3N2O4. The molecule has 1 saturated heterocycles. The molecule has 2 aliphatic heterocycles. The number of nitrogens with one attached hydrogen (secondary N) is 1. The van der Waals surface area contributed by atoms with E-state index >= 15 is 0 Å². The van der Waals surface area contributed by atoms with Gasteiger partial charge in [-0.1, -0.05) is 0 Å². The number of likely N-dealkylation sites (tertiary alicyclic amines) is 1. The summed E-state index contributed by atoms with van der Waals surface area (Å²) in [5, 5.41) is 2.69. The molecule has 2 aromatic carbocycles. The predicted molar refractivity (Wildman–Crippen MR) is 96.3 cm³/mol. The van der Waals surface area contributed by atoms with Gasteiger partial charge < -0.3 is 19.7 Å². The minimum atomic E-state index is -3.71. The molecule has 152 valence electrons. The van der Waals surface area contributed by atoms with E-state index < -0.39 is 12.1 Å². The molecule has 1 fully saturated rings. The Morgan fingerprint density at radius 3 is 2.34 bits per heavy atom. The molecule has 9 heteroatoms. The Bertz CT molecular complexity index is 941. The summed E-state index contributed by atoms with van der Waals surface area (Å²) in [6.45, 7) is 0.781. The highest BCUT2D eigenvalue weighted by molar-refractivity contribution is 5.95. The Morgan fingerprint density at radius 1 is 1.00 bits per heavy atom. The molecule has 0 aliphatic carbocycles. The van der Waals surface area contributed by atoms with Gasteiger partial charge in [0.25, 0.3) is 5.91 Å². The fraction of sp³-hybridized carbons (Fsp3) is 0.300. The van der Waals surface area contributed by atoms with E-state index in [0.29, 0.717) is 37.2 Å². The number of rotatable bonds is 3. The number of anilines is 1. The quantitative estimate of drug-likeness (QED) is 0.845. The molecule has 0 spiro atoms. The number of hydrogen-bond donors (Lipinski definition) is 1. The second kappa shape index (κ2) is 7.31. The van der Waals surface area contributed by atoms with Gasteiger partial charge in [0.1, 0.15) is 5.82 Å². The van der Waals surface area contributed by atoms with E-state index in [0.717, 1.165) is 0 Å². The maximum atomic E-state index is 13.1. The Kier molecular flexibility index (Phi) is 4.81. The van der Waals surface area contributed by atoms with Crippen LogP contribution in [0.4, 0.5) is 18.9 Å². The highest BCUT2D eigenvalue weighted by Crippen LogP contribution is 2.42. The minimum absolute atomic E-state index is 0.0967. The van der Waals surface area contributed by atoms with Crippen molar-refractivity contribution < 1.29 is 32.2 Å². The van der Waals surface area contributed by atoms with Crippen LogP contribution < -0.4 is 14.8 Å². The van der Waals surface area contributed by atoms with Gasteiger partial charge in [0.15, 0.2) is 11.5 Å². The molecule has 2 aliphatic rings. The van der Waals surface area contributed by atoms with Gasteiger partial charge in [-0.3, -0.25) is 9.59 Å². The van der Waals surface area contributed by atoms with Crippen LogP contribution in [0.5, 0.6) is 11.5 Å². The zero-order valence-corrected chi connectivity index (χ0v) is 15.2. The number of carbonyl (C=O) groups is 2. The Labute approximate surface area is 164 Å². The SMILES string of the molecule is O=C(Nc1ccc2c(c1)OC(F)(F)O2)C1CCN(C(=O)c2ccc(F)cc2)CC1. The van der Waals surface area contributed by atoms with Crippen LogP contribution in [0.25, 0.3) is 0 Å². The summed E-state index contributed by atoms with van der Waals surface area (Å²) in [6, 6.07) is 9.36. The van der Waals surface area contributed by atoms with Crippen molar-refractivity contribution in [2.24, 2.45) is 5.92 Å². The van der Waals surface area contributed by atoms with Crippen molar-refractivity contribution >= 4 is 17.5 Å². The minimum Gasteiger partial charge on any atom is -0.395 e. The number of amides is 2. The van der Waals surface area contributed by atoms with Gasteiger partial charge in [0, 0.05) is 36.3 Å². The summed E-state index contributed by atoms with van der Waals surface area (Å²) in [4.78, 5) is 26.6. The number of benzene rings is 2. The van der Waals surface area contributed by atoms with Gasteiger partial charge in [0.2, 0.25) is 5.91 Å². The average molecular weight is 406 g/mol. The van der Waals surface area contributed by atoms with Crippen molar-refractivity contribution in [3.8, 4) is 11.5 Å². The van der Waals surface area contributed by atoms with Gasteiger partial charge in [0.05, 0.1) is 0 Å². The lowest BCUT2D eigenvalue weighted by Gasteiger charge is -2.31. The maximum absolute atomic E-state index is 13.1. The molecule has 0 atom stereocenters. The van der Waals surface area contributed by atoms with E-state index in [1.165, 1.54) is 42.5 Å². The number of fused-ring (bicyclic) bond motifs is 1. The molecule has 1 N–H and O–H groups in total.